The number of hydrogen-bond acceptors (Lipinski definition) is 3. The highest BCUT2D eigenvalue weighted by atomic mass is 16.5. The molecule has 0 radical (unpaired) electrons. The third-order valence-corrected chi connectivity index (χ3v) is 3.62. The lowest BCUT2D eigenvalue weighted by Crippen LogP contribution is -2.15. The van der Waals surface area contributed by atoms with Crippen LogP contribution in [0.1, 0.15) is 47.1 Å². The minimum atomic E-state index is -0.244. The molecule has 0 fully saturated rings. The molecule has 0 aromatic heterocycles. The van der Waals surface area contributed by atoms with Crippen molar-refractivity contribution in [3.05, 3.63) is 59.2 Å². The van der Waals surface area contributed by atoms with Crippen LogP contribution in [0.25, 0.3) is 0 Å². The Hall–Kier alpha value is -2.62. The van der Waals surface area contributed by atoms with Crippen LogP contribution in [-0.4, -0.2) is 19.3 Å². The molecule has 0 heterocycles. The first-order valence-electron chi connectivity index (χ1n) is 7.40. The van der Waals surface area contributed by atoms with E-state index in [2.05, 4.69) is 26.1 Å². The topological polar surface area (TPSA) is 55.4 Å². The average Bonchev–Trinajstić information content (AvgIpc) is 2.54. The first-order valence-corrected chi connectivity index (χ1v) is 7.40. The second-order valence-electron chi connectivity index (χ2n) is 6.36. The maximum absolute atomic E-state index is 12.4. The van der Waals surface area contributed by atoms with E-state index in [-0.39, 0.29) is 11.3 Å². The van der Waals surface area contributed by atoms with Gasteiger partial charge in [-0.25, -0.2) is 0 Å². The van der Waals surface area contributed by atoms with Crippen LogP contribution < -0.4 is 10.1 Å². The number of aldehydes is 1. The number of ether oxygens (including phenoxy) is 1. The van der Waals surface area contributed by atoms with Crippen LogP contribution in [0.2, 0.25) is 0 Å². The van der Waals surface area contributed by atoms with E-state index in [0.29, 0.717) is 22.6 Å². The van der Waals surface area contributed by atoms with Crippen molar-refractivity contribution in [2.24, 2.45) is 0 Å². The monoisotopic (exact) mass is 311 g/mol. The van der Waals surface area contributed by atoms with Crippen molar-refractivity contribution in [3.8, 4) is 5.75 Å². The van der Waals surface area contributed by atoms with Gasteiger partial charge in [-0.1, -0.05) is 32.9 Å². The van der Waals surface area contributed by atoms with Gasteiger partial charge in [0.1, 0.15) is 12.0 Å². The maximum Gasteiger partial charge on any atom is 0.255 e. The number of carbonyl (C=O) groups is 2. The summed E-state index contributed by atoms with van der Waals surface area (Å²) in [5.41, 5.74) is 2.70. The normalized spacial score (nSPS) is 11.0. The zero-order valence-corrected chi connectivity index (χ0v) is 13.8. The molecule has 1 amide bonds. The number of benzene rings is 2. The molecule has 23 heavy (non-hydrogen) atoms. The summed E-state index contributed by atoms with van der Waals surface area (Å²) in [6.07, 6.45) is 0.729. The second-order valence-corrected chi connectivity index (χ2v) is 6.36. The number of methoxy groups -OCH3 is 1. The highest BCUT2D eigenvalue weighted by Crippen LogP contribution is 2.26. The highest BCUT2D eigenvalue weighted by molar-refractivity contribution is 6.05. The smallest absolute Gasteiger partial charge is 0.255 e. The summed E-state index contributed by atoms with van der Waals surface area (Å²) in [5, 5.41) is 2.79. The van der Waals surface area contributed by atoms with Gasteiger partial charge >= 0.3 is 0 Å². The third-order valence-electron chi connectivity index (χ3n) is 3.62. The SMILES string of the molecule is COc1ccc(C=O)cc1NC(=O)c1ccc(C(C)(C)C)cc1. The van der Waals surface area contributed by atoms with Crippen molar-refractivity contribution in [3.63, 3.8) is 0 Å². The molecule has 2 rings (SSSR count). The van der Waals surface area contributed by atoms with E-state index in [1.165, 1.54) is 7.11 Å². The molecule has 0 spiro atoms. The Morgan fingerprint density at radius 2 is 1.74 bits per heavy atom. The first kappa shape index (κ1) is 16.7. The molecule has 0 saturated carbocycles. The molecule has 120 valence electrons. The number of nitrogens with one attached hydrogen (secondary N) is 1. The van der Waals surface area contributed by atoms with Gasteiger partial charge in [-0.05, 0) is 41.3 Å². The lowest BCUT2D eigenvalue weighted by Gasteiger charge is -2.19. The van der Waals surface area contributed by atoms with Crippen molar-refractivity contribution in [2.75, 3.05) is 12.4 Å². The fourth-order valence-corrected chi connectivity index (χ4v) is 2.21. The maximum atomic E-state index is 12.4. The predicted molar refractivity (Wildman–Crippen MR) is 91.5 cm³/mol. The number of carbonyl (C=O) groups excluding carboxylic acids is 2. The Balaban J connectivity index is 2.23. The lowest BCUT2D eigenvalue weighted by atomic mass is 9.87. The molecule has 0 aliphatic rings. The van der Waals surface area contributed by atoms with Gasteiger partial charge < -0.3 is 10.1 Å². The summed E-state index contributed by atoms with van der Waals surface area (Å²) in [5.74, 6) is 0.266. The summed E-state index contributed by atoms with van der Waals surface area (Å²) in [6.45, 7) is 6.37. The van der Waals surface area contributed by atoms with Crippen LogP contribution in [0.5, 0.6) is 5.75 Å². The van der Waals surface area contributed by atoms with E-state index in [1.54, 1.807) is 30.3 Å². The fraction of sp³-hybridized carbons (Fsp3) is 0.263. The fourth-order valence-electron chi connectivity index (χ4n) is 2.21. The predicted octanol–water partition coefficient (Wildman–Crippen LogP) is 4.06. The van der Waals surface area contributed by atoms with Crippen LogP contribution in [0, 0.1) is 0 Å². The van der Waals surface area contributed by atoms with Crippen LogP contribution in [0.3, 0.4) is 0 Å². The number of hydrogen-bond donors (Lipinski definition) is 1. The van der Waals surface area contributed by atoms with Crippen molar-refractivity contribution >= 4 is 17.9 Å². The van der Waals surface area contributed by atoms with Crippen LogP contribution >= 0.6 is 0 Å². The summed E-state index contributed by atoms with van der Waals surface area (Å²) in [4.78, 5) is 23.3. The standard InChI is InChI=1S/C19H21NO3/c1-19(2,3)15-8-6-14(7-9-15)18(22)20-16-11-13(12-21)5-10-17(16)23-4/h5-12H,1-4H3,(H,20,22). The first-order chi connectivity index (χ1) is 10.8. The molecule has 2 aromatic rings. The molecular formula is C19H21NO3. The van der Waals surface area contributed by atoms with Crippen molar-refractivity contribution in [1.29, 1.82) is 0 Å². The number of amides is 1. The van der Waals surface area contributed by atoms with E-state index >= 15 is 0 Å². The summed E-state index contributed by atoms with van der Waals surface area (Å²) in [6, 6.07) is 12.4. The second kappa shape index (κ2) is 6.65. The number of rotatable bonds is 4. The van der Waals surface area contributed by atoms with E-state index in [0.717, 1.165) is 11.8 Å². The molecule has 0 aliphatic carbocycles. The quantitative estimate of drug-likeness (QED) is 0.866. The minimum Gasteiger partial charge on any atom is -0.495 e. The Kier molecular flexibility index (Phi) is 4.84. The molecule has 4 heteroatoms. The van der Waals surface area contributed by atoms with E-state index in [1.807, 2.05) is 12.1 Å². The van der Waals surface area contributed by atoms with Gasteiger partial charge in [0.15, 0.2) is 0 Å². The van der Waals surface area contributed by atoms with Crippen LogP contribution in [0.15, 0.2) is 42.5 Å². The number of anilines is 1. The minimum absolute atomic E-state index is 0.0382. The van der Waals surface area contributed by atoms with Crippen LogP contribution in [-0.2, 0) is 5.41 Å². The zero-order chi connectivity index (χ0) is 17.0. The Labute approximate surface area is 136 Å². The largest absolute Gasteiger partial charge is 0.495 e. The molecular weight excluding hydrogens is 290 g/mol. The molecule has 0 bridgehead atoms. The van der Waals surface area contributed by atoms with Gasteiger partial charge in [0.2, 0.25) is 0 Å². The molecule has 0 saturated heterocycles. The van der Waals surface area contributed by atoms with E-state index < -0.39 is 0 Å². The highest BCUT2D eigenvalue weighted by Gasteiger charge is 2.15. The molecule has 0 aliphatic heterocycles. The summed E-state index contributed by atoms with van der Waals surface area (Å²) < 4.78 is 5.21. The van der Waals surface area contributed by atoms with Crippen molar-refractivity contribution in [1.82, 2.24) is 0 Å². The van der Waals surface area contributed by atoms with Crippen molar-refractivity contribution in [2.45, 2.75) is 26.2 Å². The summed E-state index contributed by atoms with van der Waals surface area (Å²) >= 11 is 0. The average molecular weight is 311 g/mol. The molecule has 1 N–H and O–H groups in total. The molecule has 0 unspecified atom stereocenters. The molecule has 2 aromatic carbocycles. The lowest BCUT2D eigenvalue weighted by molar-refractivity contribution is 0.102. The molecule has 0 atom stereocenters. The Bertz CT molecular complexity index is 712. The molecule has 4 nitrogen and oxygen atoms in total. The zero-order valence-electron chi connectivity index (χ0n) is 13.8. The van der Waals surface area contributed by atoms with E-state index in [4.69, 9.17) is 4.74 Å². The third kappa shape index (κ3) is 3.97. The van der Waals surface area contributed by atoms with Crippen molar-refractivity contribution < 1.29 is 14.3 Å². The van der Waals surface area contributed by atoms with Gasteiger partial charge in [0.25, 0.3) is 5.91 Å². The van der Waals surface area contributed by atoms with Gasteiger partial charge in [-0.3, -0.25) is 9.59 Å². The van der Waals surface area contributed by atoms with Gasteiger partial charge in [-0.15, -0.1) is 0 Å². The Morgan fingerprint density at radius 3 is 2.26 bits per heavy atom. The van der Waals surface area contributed by atoms with E-state index in [9.17, 15) is 9.59 Å². The Morgan fingerprint density at radius 1 is 1.09 bits per heavy atom. The van der Waals surface area contributed by atoms with Gasteiger partial charge in [-0.2, -0.15) is 0 Å². The summed E-state index contributed by atoms with van der Waals surface area (Å²) in [7, 11) is 1.52. The van der Waals surface area contributed by atoms with Crippen LogP contribution in [0.4, 0.5) is 5.69 Å². The van der Waals surface area contributed by atoms with Gasteiger partial charge in [0, 0.05) is 11.1 Å². The van der Waals surface area contributed by atoms with Gasteiger partial charge in [0.05, 0.1) is 12.8 Å².